The van der Waals surface area contributed by atoms with Gasteiger partial charge in [-0.05, 0) is 62.6 Å². The van der Waals surface area contributed by atoms with E-state index in [2.05, 4.69) is 10.0 Å². The van der Waals surface area contributed by atoms with E-state index in [0.717, 1.165) is 16.9 Å². The zero-order valence-electron chi connectivity index (χ0n) is 18.3. The van der Waals surface area contributed by atoms with Crippen molar-refractivity contribution in [1.82, 2.24) is 10.0 Å². The molecule has 1 atom stereocenters. The van der Waals surface area contributed by atoms with E-state index < -0.39 is 22.0 Å². The van der Waals surface area contributed by atoms with Crippen molar-refractivity contribution in [3.8, 4) is 11.5 Å². The van der Waals surface area contributed by atoms with Crippen LogP contribution in [-0.4, -0.2) is 34.6 Å². The molecular formula is C22H30N2O5S. The molecule has 0 spiro atoms. The minimum absolute atomic E-state index is 0.000824. The van der Waals surface area contributed by atoms with E-state index >= 15 is 0 Å². The van der Waals surface area contributed by atoms with E-state index in [1.165, 1.54) is 25.3 Å². The lowest BCUT2D eigenvalue weighted by atomic mass is 10.0. The molecule has 0 aliphatic carbocycles. The number of nitrogens with one attached hydrogen (secondary N) is 2. The van der Waals surface area contributed by atoms with Gasteiger partial charge in [0.05, 0.1) is 24.7 Å². The smallest absolute Gasteiger partial charge is 0.255 e. The number of carbonyl (C=O) groups excluding carboxylic acids is 1. The van der Waals surface area contributed by atoms with Crippen LogP contribution in [0.1, 0.15) is 54.7 Å². The highest BCUT2D eigenvalue weighted by molar-refractivity contribution is 7.89. The monoisotopic (exact) mass is 434 g/mol. The van der Waals surface area contributed by atoms with Gasteiger partial charge >= 0.3 is 0 Å². The Bertz CT molecular complexity index is 1000. The fourth-order valence-corrected chi connectivity index (χ4v) is 4.47. The Balaban J connectivity index is 2.37. The van der Waals surface area contributed by atoms with Gasteiger partial charge in [0, 0.05) is 12.1 Å². The third kappa shape index (κ3) is 5.52. The molecule has 0 aliphatic heterocycles. The Labute approximate surface area is 178 Å². The van der Waals surface area contributed by atoms with Crippen LogP contribution in [0.3, 0.4) is 0 Å². The summed E-state index contributed by atoms with van der Waals surface area (Å²) >= 11 is 0. The van der Waals surface area contributed by atoms with E-state index in [9.17, 15) is 13.2 Å². The van der Waals surface area contributed by atoms with Crippen molar-refractivity contribution in [3.63, 3.8) is 0 Å². The molecule has 0 fully saturated rings. The van der Waals surface area contributed by atoms with Crippen LogP contribution >= 0.6 is 0 Å². The largest absolute Gasteiger partial charge is 0.496 e. The lowest BCUT2D eigenvalue weighted by Gasteiger charge is -2.19. The van der Waals surface area contributed by atoms with Crippen LogP contribution in [0.5, 0.6) is 11.5 Å². The van der Waals surface area contributed by atoms with Gasteiger partial charge in [0.15, 0.2) is 0 Å². The van der Waals surface area contributed by atoms with Crippen LogP contribution in [0.2, 0.25) is 0 Å². The maximum atomic E-state index is 13.1. The first-order valence-corrected chi connectivity index (χ1v) is 11.3. The number of rotatable bonds is 9. The molecule has 7 nitrogen and oxygen atoms in total. The highest BCUT2D eigenvalue weighted by Crippen LogP contribution is 2.27. The van der Waals surface area contributed by atoms with Gasteiger partial charge in [0.2, 0.25) is 10.0 Å². The number of sulfonamides is 1. The van der Waals surface area contributed by atoms with E-state index in [1.807, 2.05) is 45.9 Å². The lowest BCUT2D eigenvalue weighted by Crippen LogP contribution is -2.31. The van der Waals surface area contributed by atoms with Crippen LogP contribution in [0, 0.1) is 6.92 Å². The van der Waals surface area contributed by atoms with Gasteiger partial charge in [-0.3, -0.25) is 4.79 Å². The Hall–Kier alpha value is -2.58. The molecule has 0 saturated heterocycles. The second kappa shape index (κ2) is 9.95. The fourth-order valence-electron chi connectivity index (χ4n) is 3.13. The first-order valence-electron chi connectivity index (χ1n) is 9.78. The zero-order valence-corrected chi connectivity index (χ0v) is 19.1. The summed E-state index contributed by atoms with van der Waals surface area (Å²) in [5.74, 6) is 0.661. The molecule has 8 heteroatoms. The second-order valence-corrected chi connectivity index (χ2v) is 9.02. The summed E-state index contributed by atoms with van der Waals surface area (Å²) in [5, 5.41) is 2.76. The molecule has 2 aromatic carbocycles. The van der Waals surface area contributed by atoms with Crippen LogP contribution in [0.25, 0.3) is 0 Å². The van der Waals surface area contributed by atoms with Crippen LogP contribution in [0.4, 0.5) is 0 Å². The number of hydrogen-bond acceptors (Lipinski definition) is 5. The first kappa shape index (κ1) is 23.7. The van der Waals surface area contributed by atoms with Crippen LogP contribution in [-0.2, 0) is 10.0 Å². The third-order valence-corrected chi connectivity index (χ3v) is 6.14. The number of amides is 1. The summed E-state index contributed by atoms with van der Waals surface area (Å²) < 4.78 is 39.4. The summed E-state index contributed by atoms with van der Waals surface area (Å²) in [6, 6.07) is 9.32. The lowest BCUT2D eigenvalue weighted by molar-refractivity contribution is 0.0940. The van der Waals surface area contributed by atoms with Crippen LogP contribution < -0.4 is 19.5 Å². The highest BCUT2D eigenvalue weighted by Gasteiger charge is 2.24. The van der Waals surface area contributed by atoms with E-state index in [4.69, 9.17) is 9.47 Å². The van der Waals surface area contributed by atoms with Gasteiger partial charge in [0.25, 0.3) is 5.91 Å². The molecule has 2 N–H and O–H groups in total. The summed E-state index contributed by atoms with van der Waals surface area (Å²) in [7, 11) is -0.841. The van der Waals surface area contributed by atoms with Gasteiger partial charge in [0.1, 0.15) is 11.5 Å². The number of carbonyl (C=O) groups is 1. The van der Waals surface area contributed by atoms with Crippen molar-refractivity contribution in [2.75, 3.05) is 14.2 Å². The number of aryl methyl sites for hydroxylation is 1. The maximum absolute atomic E-state index is 13.1. The average Bonchev–Trinajstić information content (AvgIpc) is 2.70. The molecule has 2 rings (SSSR count). The molecule has 0 aliphatic rings. The zero-order chi connectivity index (χ0) is 22.5. The van der Waals surface area contributed by atoms with Gasteiger partial charge < -0.3 is 14.8 Å². The molecule has 0 bridgehead atoms. The second-order valence-electron chi connectivity index (χ2n) is 7.30. The predicted octanol–water partition coefficient (Wildman–Crippen LogP) is 3.58. The molecular weight excluding hydrogens is 404 g/mol. The number of ether oxygens (including phenoxy) is 2. The normalized spacial score (nSPS) is 12.5. The molecule has 0 heterocycles. The topological polar surface area (TPSA) is 93.7 Å². The highest BCUT2D eigenvalue weighted by atomic mass is 32.2. The Morgan fingerprint density at radius 1 is 1.03 bits per heavy atom. The van der Waals surface area contributed by atoms with Crippen molar-refractivity contribution in [2.24, 2.45) is 0 Å². The van der Waals surface area contributed by atoms with Crippen molar-refractivity contribution in [3.05, 3.63) is 53.1 Å². The van der Waals surface area contributed by atoms with Crippen molar-refractivity contribution >= 4 is 15.9 Å². The average molecular weight is 435 g/mol. The Morgan fingerprint density at radius 2 is 1.67 bits per heavy atom. The van der Waals surface area contributed by atoms with E-state index in [-0.39, 0.29) is 16.5 Å². The molecule has 30 heavy (non-hydrogen) atoms. The third-order valence-electron chi connectivity index (χ3n) is 4.67. The standard InChI is InChI=1S/C22H30N2O5S/c1-7-19(16-8-10-20(28-5)15(4)12-16)24-30(26,27)17-9-11-21(29-6)18(13-17)22(25)23-14(2)3/h8-14,19,24H,7H2,1-6H3,(H,23,25). The maximum Gasteiger partial charge on any atom is 0.255 e. The number of methoxy groups -OCH3 is 2. The molecule has 1 amide bonds. The van der Waals surface area contributed by atoms with Crippen molar-refractivity contribution < 1.29 is 22.7 Å². The van der Waals surface area contributed by atoms with Gasteiger partial charge in [-0.1, -0.05) is 19.1 Å². The molecule has 1 unspecified atom stereocenters. The number of benzene rings is 2. The minimum atomic E-state index is -3.87. The molecule has 164 valence electrons. The van der Waals surface area contributed by atoms with E-state index in [0.29, 0.717) is 12.2 Å². The van der Waals surface area contributed by atoms with E-state index in [1.54, 1.807) is 7.11 Å². The van der Waals surface area contributed by atoms with Crippen molar-refractivity contribution in [2.45, 2.75) is 51.1 Å². The summed E-state index contributed by atoms with van der Waals surface area (Å²) in [5.41, 5.74) is 1.93. The molecule has 2 aromatic rings. The Kier molecular flexibility index (Phi) is 7.86. The Morgan fingerprint density at radius 3 is 2.20 bits per heavy atom. The quantitative estimate of drug-likeness (QED) is 0.629. The molecule has 0 radical (unpaired) electrons. The van der Waals surface area contributed by atoms with Crippen molar-refractivity contribution in [1.29, 1.82) is 0 Å². The van der Waals surface area contributed by atoms with Gasteiger partial charge in [-0.2, -0.15) is 0 Å². The minimum Gasteiger partial charge on any atom is -0.496 e. The fraction of sp³-hybridized carbons (Fsp3) is 0.409. The summed E-state index contributed by atoms with van der Waals surface area (Å²) in [6.45, 7) is 7.47. The van der Waals surface area contributed by atoms with Crippen LogP contribution in [0.15, 0.2) is 41.3 Å². The summed E-state index contributed by atoms with van der Waals surface area (Å²) in [4.78, 5) is 12.5. The molecule has 0 saturated carbocycles. The first-order chi connectivity index (χ1) is 14.1. The SMILES string of the molecule is CCC(NS(=O)(=O)c1ccc(OC)c(C(=O)NC(C)C)c1)c1ccc(OC)c(C)c1. The number of hydrogen-bond donors (Lipinski definition) is 2. The van der Waals surface area contributed by atoms with Gasteiger partial charge in [-0.15, -0.1) is 0 Å². The predicted molar refractivity (Wildman–Crippen MR) is 117 cm³/mol. The summed E-state index contributed by atoms with van der Waals surface area (Å²) in [6.07, 6.45) is 0.557. The molecule has 0 aromatic heterocycles. The van der Waals surface area contributed by atoms with Gasteiger partial charge in [-0.25, -0.2) is 13.1 Å².